The summed E-state index contributed by atoms with van der Waals surface area (Å²) in [5.74, 6) is 0.932. The van der Waals surface area contributed by atoms with Crippen LogP contribution in [0, 0.1) is 0 Å². The molecule has 140 valence electrons. The Morgan fingerprint density at radius 3 is 2.52 bits per heavy atom. The van der Waals surface area contributed by atoms with E-state index in [1.165, 1.54) is 0 Å². The highest BCUT2D eigenvalue weighted by Gasteiger charge is 2.19. The summed E-state index contributed by atoms with van der Waals surface area (Å²) < 4.78 is 5.29. The highest BCUT2D eigenvalue weighted by molar-refractivity contribution is 6.33. The van der Waals surface area contributed by atoms with Crippen molar-refractivity contribution in [1.29, 1.82) is 0 Å². The number of benzene rings is 2. The van der Waals surface area contributed by atoms with Gasteiger partial charge in [-0.3, -0.25) is 4.79 Å². The summed E-state index contributed by atoms with van der Waals surface area (Å²) in [6, 6.07) is 17.4. The van der Waals surface area contributed by atoms with Gasteiger partial charge >= 0.3 is 0 Å². The third kappa shape index (κ3) is 4.95. The van der Waals surface area contributed by atoms with E-state index in [1.807, 2.05) is 67.3 Å². The molecule has 5 nitrogen and oxygen atoms in total. The van der Waals surface area contributed by atoms with Crippen LogP contribution in [-0.4, -0.2) is 27.0 Å². The summed E-state index contributed by atoms with van der Waals surface area (Å²) in [6.07, 6.45) is 0.712. The summed E-state index contributed by atoms with van der Waals surface area (Å²) in [7, 11) is 0. The van der Waals surface area contributed by atoms with Crippen LogP contribution >= 0.6 is 11.6 Å². The molecule has 0 spiro atoms. The molecule has 6 heteroatoms. The van der Waals surface area contributed by atoms with E-state index in [4.69, 9.17) is 16.1 Å². The molecule has 0 fully saturated rings. The second kappa shape index (κ2) is 8.82. The lowest BCUT2D eigenvalue weighted by atomic mass is 10.1. The monoisotopic (exact) mass is 383 g/mol. The van der Waals surface area contributed by atoms with Gasteiger partial charge < -0.3 is 9.42 Å². The Hall–Kier alpha value is -2.66. The first-order valence-electron chi connectivity index (χ1n) is 8.95. The van der Waals surface area contributed by atoms with Crippen molar-refractivity contribution in [1.82, 2.24) is 15.0 Å². The average Bonchev–Trinajstić information content (AvgIpc) is 3.14. The van der Waals surface area contributed by atoms with Gasteiger partial charge in [0.25, 0.3) is 0 Å². The maximum absolute atomic E-state index is 12.7. The van der Waals surface area contributed by atoms with E-state index in [0.29, 0.717) is 41.7 Å². The van der Waals surface area contributed by atoms with Crippen LogP contribution in [0.15, 0.2) is 59.1 Å². The maximum atomic E-state index is 12.7. The number of amides is 1. The Morgan fingerprint density at radius 1 is 1.11 bits per heavy atom. The van der Waals surface area contributed by atoms with Crippen LogP contribution in [0.1, 0.15) is 31.7 Å². The largest absolute Gasteiger partial charge is 0.339 e. The third-order valence-corrected chi connectivity index (χ3v) is 4.60. The summed E-state index contributed by atoms with van der Waals surface area (Å²) in [6.45, 7) is 4.62. The van der Waals surface area contributed by atoms with Crippen LogP contribution in [0.5, 0.6) is 0 Å². The molecule has 3 rings (SSSR count). The smallest absolute Gasteiger partial charge is 0.227 e. The number of carbonyl (C=O) groups excluding carboxylic acids is 1. The van der Waals surface area contributed by atoms with Gasteiger partial charge in [-0.05, 0) is 31.5 Å². The van der Waals surface area contributed by atoms with E-state index in [-0.39, 0.29) is 11.9 Å². The van der Waals surface area contributed by atoms with Gasteiger partial charge in [-0.2, -0.15) is 4.98 Å². The van der Waals surface area contributed by atoms with E-state index in [0.717, 1.165) is 5.56 Å². The van der Waals surface area contributed by atoms with E-state index >= 15 is 0 Å². The van der Waals surface area contributed by atoms with Gasteiger partial charge in [0.2, 0.25) is 17.6 Å². The highest BCUT2D eigenvalue weighted by atomic mass is 35.5. The maximum Gasteiger partial charge on any atom is 0.227 e. The number of hydrogen-bond acceptors (Lipinski definition) is 4. The van der Waals surface area contributed by atoms with Crippen molar-refractivity contribution in [2.75, 3.05) is 0 Å². The summed E-state index contributed by atoms with van der Waals surface area (Å²) in [5.41, 5.74) is 1.83. The van der Waals surface area contributed by atoms with Crippen molar-refractivity contribution in [2.45, 2.75) is 39.3 Å². The second-order valence-corrected chi connectivity index (χ2v) is 7.00. The molecule has 0 aliphatic heterocycles. The summed E-state index contributed by atoms with van der Waals surface area (Å²) >= 11 is 6.17. The van der Waals surface area contributed by atoms with Crippen LogP contribution in [-0.2, 0) is 17.8 Å². The number of nitrogens with zero attached hydrogens (tertiary/aromatic N) is 3. The zero-order chi connectivity index (χ0) is 19.2. The van der Waals surface area contributed by atoms with E-state index in [1.54, 1.807) is 6.07 Å². The molecule has 2 aromatic carbocycles. The first-order valence-corrected chi connectivity index (χ1v) is 9.33. The van der Waals surface area contributed by atoms with Crippen molar-refractivity contribution in [2.24, 2.45) is 0 Å². The van der Waals surface area contributed by atoms with Crippen molar-refractivity contribution >= 4 is 17.5 Å². The minimum atomic E-state index is 0.0614. The first-order chi connectivity index (χ1) is 13.0. The third-order valence-electron chi connectivity index (χ3n) is 4.28. The molecule has 0 saturated heterocycles. The number of hydrogen-bond donors (Lipinski definition) is 0. The molecule has 0 atom stereocenters. The fourth-order valence-corrected chi connectivity index (χ4v) is 3.02. The summed E-state index contributed by atoms with van der Waals surface area (Å²) in [5, 5.41) is 4.54. The summed E-state index contributed by atoms with van der Waals surface area (Å²) in [4.78, 5) is 18.9. The molecule has 0 aliphatic carbocycles. The lowest BCUT2D eigenvalue weighted by Crippen LogP contribution is -2.36. The van der Waals surface area contributed by atoms with Crippen LogP contribution < -0.4 is 0 Å². The SMILES string of the molecule is CC(C)N(Cc1ccccc1)C(=O)CCc1nc(-c2ccccc2Cl)no1. The van der Waals surface area contributed by atoms with Crippen molar-refractivity contribution in [3.05, 3.63) is 71.1 Å². The van der Waals surface area contributed by atoms with Crippen LogP contribution in [0.4, 0.5) is 0 Å². The molecule has 0 N–H and O–H groups in total. The average molecular weight is 384 g/mol. The molecule has 0 unspecified atom stereocenters. The zero-order valence-electron chi connectivity index (χ0n) is 15.4. The van der Waals surface area contributed by atoms with Gasteiger partial charge in [0, 0.05) is 31.0 Å². The van der Waals surface area contributed by atoms with Gasteiger partial charge in [-0.15, -0.1) is 0 Å². The normalized spacial score (nSPS) is 11.0. The number of halogens is 1. The molecule has 0 saturated carbocycles. The van der Waals surface area contributed by atoms with Gasteiger partial charge in [-0.25, -0.2) is 0 Å². The molecule has 1 aromatic heterocycles. The van der Waals surface area contributed by atoms with Crippen molar-refractivity contribution in [3.8, 4) is 11.4 Å². The number of carbonyl (C=O) groups is 1. The lowest BCUT2D eigenvalue weighted by molar-refractivity contribution is -0.133. The zero-order valence-corrected chi connectivity index (χ0v) is 16.2. The fraction of sp³-hybridized carbons (Fsp3) is 0.286. The van der Waals surface area contributed by atoms with Gasteiger partial charge in [0.05, 0.1) is 5.02 Å². The standard InChI is InChI=1S/C21H22ClN3O2/c1-15(2)25(14-16-8-4-3-5-9-16)20(26)13-12-19-23-21(24-27-19)17-10-6-7-11-18(17)22/h3-11,15H,12-14H2,1-2H3. The number of aryl methyl sites for hydroxylation is 1. The van der Waals surface area contributed by atoms with Crippen molar-refractivity contribution in [3.63, 3.8) is 0 Å². The molecule has 27 heavy (non-hydrogen) atoms. The molecule has 0 radical (unpaired) electrons. The van der Waals surface area contributed by atoms with Gasteiger partial charge in [0.15, 0.2) is 0 Å². The van der Waals surface area contributed by atoms with Crippen molar-refractivity contribution < 1.29 is 9.32 Å². The fourth-order valence-electron chi connectivity index (χ4n) is 2.80. The quantitative estimate of drug-likeness (QED) is 0.590. The van der Waals surface area contributed by atoms with Gasteiger partial charge in [-0.1, -0.05) is 59.2 Å². The molecule has 1 amide bonds. The van der Waals surface area contributed by atoms with E-state index in [9.17, 15) is 4.79 Å². The molecule has 1 heterocycles. The molecule has 0 aliphatic rings. The minimum absolute atomic E-state index is 0.0614. The van der Waals surface area contributed by atoms with Crippen LogP contribution in [0.3, 0.4) is 0 Å². The highest BCUT2D eigenvalue weighted by Crippen LogP contribution is 2.25. The van der Waals surface area contributed by atoms with Crippen LogP contribution in [0.2, 0.25) is 5.02 Å². The molecule has 3 aromatic rings. The number of aromatic nitrogens is 2. The second-order valence-electron chi connectivity index (χ2n) is 6.59. The Balaban J connectivity index is 1.63. The van der Waals surface area contributed by atoms with Crippen LogP contribution in [0.25, 0.3) is 11.4 Å². The Labute approximate surface area is 164 Å². The minimum Gasteiger partial charge on any atom is -0.339 e. The Morgan fingerprint density at radius 2 is 1.81 bits per heavy atom. The first kappa shape index (κ1) is 19.1. The lowest BCUT2D eigenvalue weighted by Gasteiger charge is -2.26. The predicted molar refractivity (Wildman–Crippen MR) is 105 cm³/mol. The molecule has 0 bridgehead atoms. The molecular weight excluding hydrogens is 362 g/mol. The topological polar surface area (TPSA) is 59.2 Å². The van der Waals surface area contributed by atoms with E-state index in [2.05, 4.69) is 10.1 Å². The Kier molecular flexibility index (Phi) is 6.24. The predicted octanol–water partition coefficient (Wildman–Crippen LogP) is 4.76. The number of rotatable bonds is 7. The Bertz CT molecular complexity index is 893. The van der Waals surface area contributed by atoms with Gasteiger partial charge in [0.1, 0.15) is 0 Å². The molecular formula is C21H22ClN3O2. The van der Waals surface area contributed by atoms with E-state index < -0.39 is 0 Å².